The molecule has 0 unspecified atom stereocenters. The number of anilines is 2. The molecule has 1 amide bonds. The first-order valence-electron chi connectivity index (χ1n) is 17.5. The molecule has 3 aromatic carbocycles. The fourth-order valence-electron chi connectivity index (χ4n) is 7.07. The van der Waals surface area contributed by atoms with Crippen LogP contribution >= 0.6 is 0 Å². The van der Waals surface area contributed by atoms with E-state index in [-0.39, 0.29) is 12.2 Å². The Morgan fingerprint density at radius 3 is 2.48 bits per heavy atom. The molecule has 0 fully saturated rings. The number of halogens is 2. The van der Waals surface area contributed by atoms with Gasteiger partial charge in [-0.15, -0.1) is 0 Å². The van der Waals surface area contributed by atoms with Gasteiger partial charge in [-0.3, -0.25) is 9.58 Å². The Labute approximate surface area is 302 Å². The third kappa shape index (κ3) is 7.36. The van der Waals surface area contributed by atoms with Gasteiger partial charge < -0.3 is 19.1 Å². The minimum atomic E-state index is -2.72. The lowest BCUT2D eigenvalue weighted by Crippen LogP contribution is -2.33. The van der Waals surface area contributed by atoms with Crippen molar-refractivity contribution in [2.45, 2.75) is 71.9 Å². The molecule has 0 spiro atoms. The zero-order valence-electron chi connectivity index (χ0n) is 30.2. The molecule has 0 saturated heterocycles. The van der Waals surface area contributed by atoms with Crippen molar-refractivity contribution < 1.29 is 27.8 Å². The number of carbonyl (C=O) groups excluding carboxylic acids is 1. The van der Waals surface area contributed by atoms with Crippen molar-refractivity contribution in [3.8, 4) is 28.1 Å². The van der Waals surface area contributed by atoms with E-state index in [4.69, 9.17) is 14.2 Å². The van der Waals surface area contributed by atoms with Gasteiger partial charge in [0.25, 0.3) is 6.43 Å². The van der Waals surface area contributed by atoms with Gasteiger partial charge in [0.15, 0.2) is 0 Å². The molecule has 11 heteroatoms. The summed E-state index contributed by atoms with van der Waals surface area (Å²) in [5.74, 6) is 0.486. The van der Waals surface area contributed by atoms with Crippen molar-refractivity contribution in [3.63, 3.8) is 0 Å². The van der Waals surface area contributed by atoms with E-state index in [0.717, 1.165) is 57.6 Å². The van der Waals surface area contributed by atoms with E-state index in [1.165, 1.54) is 0 Å². The lowest BCUT2D eigenvalue weighted by Gasteiger charge is -2.34. The number of benzene rings is 3. The van der Waals surface area contributed by atoms with Crippen LogP contribution in [-0.2, 0) is 49.2 Å². The van der Waals surface area contributed by atoms with E-state index in [9.17, 15) is 13.6 Å². The number of carbonyl (C=O) groups is 1. The third-order valence-corrected chi connectivity index (χ3v) is 9.35. The number of fused-ring (bicyclic) bond motifs is 2. The molecule has 0 aliphatic carbocycles. The molecule has 5 aromatic rings. The number of alkyl halides is 2. The van der Waals surface area contributed by atoms with Gasteiger partial charge in [-0.2, -0.15) is 5.10 Å². The van der Waals surface area contributed by atoms with Gasteiger partial charge in [0, 0.05) is 73.8 Å². The molecule has 7 rings (SSSR count). The van der Waals surface area contributed by atoms with Crippen molar-refractivity contribution in [2.24, 2.45) is 7.05 Å². The highest BCUT2D eigenvalue weighted by Gasteiger charge is 2.33. The number of aromatic nitrogens is 3. The zero-order valence-corrected chi connectivity index (χ0v) is 30.2. The molecule has 0 N–H and O–H groups in total. The maximum Gasteiger partial charge on any atom is 0.410 e. The van der Waals surface area contributed by atoms with E-state index in [0.29, 0.717) is 48.9 Å². The lowest BCUT2D eigenvalue weighted by molar-refractivity contribution is 0.0242. The van der Waals surface area contributed by atoms with Gasteiger partial charge in [0.2, 0.25) is 5.88 Å². The van der Waals surface area contributed by atoms with Crippen molar-refractivity contribution in [2.75, 3.05) is 18.6 Å². The summed E-state index contributed by atoms with van der Waals surface area (Å²) < 4.78 is 48.8. The molecule has 0 atom stereocenters. The molecular formula is C41H43F2N5O4. The Morgan fingerprint density at radius 1 is 0.923 bits per heavy atom. The molecule has 0 saturated carbocycles. The summed E-state index contributed by atoms with van der Waals surface area (Å²) in [7, 11) is 3.35. The van der Waals surface area contributed by atoms with E-state index >= 15 is 0 Å². The third-order valence-electron chi connectivity index (χ3n) is 9.35. The fraction of sp³-hybridized carbons (Fsp3) is 0.341. The molecule has 2 aromatic heterocycles. The van der Waals surface area contributed by atoms with E-state index in [1.54, 1.807) is 42.2 Å². The average Bonchev–Trinajstić information content (AvgIpc) is 3.73. The normalized spacial score (nSPS) is 14.1. The van der Waals surface area contributed by atoms with Crippen LogP contribution in [0.4, 0.5) is 25.0 Å². The van der Waals surface area contributed by atoms with Gasteiger partial charge in [-0.25, -0.2) is 18.6 Å². The van der Waals surface area contributed by atoms with E-state index < -0.39 is 18.1 Å². The topological polar surface area (TPSA) is 82.0 Å². The molecule has 9 nitrogen and oxygen atoms in total. The van der Waals surface area contributed by atoms with Crippen molar-refractivity contribution >= 4 is 17.5 Å². The monoisotopic (exact) mass is 707 g/mol. The smallest absolute Gasteiger partial charge is 0.410 e. The standard InChI is InChI=1S/C41H43F2N5O4/c1-41(2,3)52-40(49)47-21-30-16-29(27-13-14-44-38(19-27)51-24-26-10-7-6-8-11-26)18-37(33(30)23-47)48-15-9-12-28-17-31(32(39(42)43)20-36(28)48)34-22-46(4)45-35(34)25-50-5/h6-8,10-11,13-14,16-20,22,39H,9,12,15,21,23-25H2,1-5H3. The molecule has 270 valence electrons. The molecule has 4 heterocycles. The minimum Gasteiger partial charge on any atom is -0.473 e. The summed E-state index contributed by atoms with van der Waals surface area (Å²) in [5, 5.41) is 4.49. The van der Waals surface area contributed by atoms with Gasteiger partial charge >= 0.3 is 6.09 Å². The van der Waals surface area contributed by atoms with Crippen molar-refractivity contribution in [3.05, 3.63) is 113 Å². The van der Waals surface area contributed by atoms with E-state index in [1.807, 2.05) is 69.3 Å². The second-order valence-corrected chi connectivity index (χ2v) is 14.3. The number of rotatable bonds is 9. The summed E-state index contributed by atoms with van der Waals surface area (Å²) in [5.41, 5.74) is 8.34. The summed E-state index contributed by atoms with van der Waals surface area (Å²) in [6, 6.07) is 21.5. The second-order valence-electron chi connectivity index (χ2n) is 14.3. The largest absolute Gasteiger partial charge is 0.473 e. The van der Waals surface area contributed by atoms with Crippen LogP contribution < -0.4 is 9.64 Å². The highest BCUT2D eigenvalue weighted by Crippen LogP contribution is 2.46. The number of hydrogen-bond acceptors (Lipinski definition) is 7. The Bertz CT molecular complexity index is 2090. The van der Waals surface area contributed by atoms with Crippen LogP contribution in [0.1, 0.15) is 67.1 Å². The number of nitrogens with zero attached hydrogens (tertiary/aromatic N) is 5. The summed E-state index contributed by atoms with van der Waals surface area (Å²) in [4.78, 5) is 21.6. The first kappa shape index (κ1) is 35.1. The zero-order chi connectivity index (χ0) is 36.6. The first-order chi connectivity index (χ1) is 25.0. The van der Waals surface area contributed by atoms with Crippen LogP contribution in [0.3, 0.4) is 0 Å². The van der Waals surface area contributed by atoms with Gasteiger partial charge in [-0.05, 0) is 97.3 Å². The number of amides is 1. The predicted molar refractivity (Wildman–Crippen MR) is 196 cm³/mol. The SMILES string of the molecule is COCc1nn(C)cc1-c1cc2c(cc1C(F)F)N(c1cc(-c3ccnc(OCc4ccccc4)c3)cc3c1CN(C(=O)OC(C)(C)C)C3)CCC2. The highest BCUT2D eigenvalue weighted by molar-refractivity contribution is 5.82. The molecule has 2 aliphatic rings. The Balaban J connectivity index is 1.31. The lowest BCUT2D eigenvalue weighted by atomic mass is 9.91. The number of pyridine rings is 1. The molecule has 2 aliphatic heterocycles. The number of aryl methyl sites for hydroxylation is 2. The molecule has 52 heavy (non-hydrogen) atoms. The van der Waals surface area contributed by atoms with Crippen LogP contribution in [0, 0.1) is 0 Å². The highest BCUT2D eigenvalue weighted by atomic mass is 19.3. The van der Waals surface area contributed by atoms with Crippen molar-refractivity contribution in [1.29, 1.82) is 0 Å². The first-order valence-corrected chi connectivity index (χ1v) is 17.5. The predicted octanol–water partition coefficient (Wildman–Crippen LogP) is 9.15. The molecular weight excluding hydrogens is 664 g/mol. The second kappa shape index (κ2) is 14.4. The van der Waals surface area contributed by atoms with Gasteiger partial charge in [0.05, 0.1) is 18.8 Å². The number of methoxy groups -OCH3 is 1. The van der Waals surface area contributed by atoms with Crippen LogP contribution in [-0.4, -0.2) is 45.0 Å². The van der Waals surface area contributed by atoms with E-state index in [2.05, 4.69) is 27.1 Å². The van der Waals surface area contributed by atoms with Crippen molar-refractivity contribution in [1.82, 2.24) is 19.7 Å². The summed E-state index contributed by atoms with van der Waals surface area (Å²) >= 11 is 0. The van der Waals surface area contributed by atoms with Gasteiger partial charge in [-0.1, -0.05) is 30.3 Å². The van der Waals surface area contributed by atoms with Crippen LogP contribution in [0.15, 0.2) is 79.1 Å². The number of hydrogen-bond donors (Lipinski definition) is 0. The van der Waals surface area contributed by atoms with Crippen LogP contribution in [0.2, 0.25) is 0 Å². The van der Waals surface area contributed by atoms with Crippen LogP contribution in [0.5, 0.6) is 5.88 Å². The quantitative estimate of drug-likeness (QED) is 0.151. The Hall–Kier alpha value is -5.29. The number of ether oxygens (including phenoxy) is 3. The maximum absolute atomic E-state index is 15.0. The molecule has 0 radical (unpaired) electrons. The Kier molecular flexibility index (Phi) is 9.71. The minimum absolute atomic E-state index is 0.0616. The van der Waals surface area contributed by atoms with Crippen LogP contribution in [0.25, 0.3) is 22.3 Å². The summed E-state index contributed by atoms with van der Waals surface area (Å²) in [6.07, 6.45) is 1.93. The van der Waals surface area contributed by atoms with Gasteiger partial charge in [0.1, 0.15) is 12.2 Å². The summed E-state index contributed by atoms with van der Waals surface area (Å²) in [6.45, 7) is 7.46. The maximum atomic E-state index is 15.0. The average molecular weight is 708 g/mol. The molecule has 0 bridgehead atoms. The Morgan fingerprint density at radius 2 is 1.73 bits per heavy atom. The fourth-order valence-corrected chi connectivity index (χ4v) is 7.07.